The Morgan fingerprint density at radius 1 is 0.857 bits per heavy atom. The molecule has 0 saturated heterocycles. The van der Waals surface area contributed by atoms with Gasteiger partial charge in [-0.15, -0.1) is 0 Å². The number of hydrogen-bond acceptors (Lipinski definition) is 2. The molecule has 0 aliphatic heterocycles. The highest BCUT2D eigenvalue weighted by atomic mass is 79.9. The predicted octanol–water partition coefficient (Wildman–Crippen LogP) is 5.62. The van der Waals surface area contributed by atoms with Crippen molar-refractivity contribution in [1.82, 2.24) is 4.90 Å². The largest absolute Gasteiger partial charge is 0.483 e. The fourth-order valence-corrected chi connectivity index (χ4v) is 3.49. The topological polar surface area (TPSA) is 29.5 Å². The first-order valence-corrected chi connectivity index (χ1v) is 10.2. The lowest BCUT2D eigenvalue weighted by Gasteiger charge is -2.23. The zero-order valence-electron chi connectivity index (χ0n) is 16.0. The summed E-state index contributed by atoms with van der Waals surface area (Å²) < 4.78 is 6.69. The summed E-state index contributed by atoms with van der Waals surface area (Å²) in [7, 11) is 0. The first-order chi connectivity index (χ1) is 13.7. The van der Waals surface area contributed by atoms with Crippen LogP contribution in [0.25, 0.3) is 0 Å². The average Bonchev–Trinajstić information content (AvgIpc) is 2.73. The maximum Gasteiger partial charge on any atom is 0.261 e. The molecule has 0 spiro atoms. The average molecular weight is 438 g/mol. The summed E-state index contributed by atoms with van der Waals surface area (Å²) in [5, 5.41) is 0. The van der Waals surface area contributed by atoms with E-state index < -0.39 is 0 Å². The molecule has 0 bridgehead atoms. The van der Waals surface area contributed by atoms with Crippen molar-refractivity contribution in [3.8, 4) is 5.75 Å². The molecule has 144 valence electrons. The molecule has 0 radical (unpaired) electrons. The summed E-state index contributed by atoms with van der Waals surface area (Å²) >= 11 is 3.53. The van der Waals surface area contributed by atoms with E-state index in [0.717, 1.165) is 22.0 Å². The first kappa shape index (κ1) is 20.2. The number of halogens is 1. The predicted molar refractivity (Wildman–Crippen MR) is 116 cm³/mol. The van der Waals surface area contributed by atoms with Crippen LogP contribution < -0.4 is 4.74 Å². The summed E-state index contributed by atoms with van der Waals surface area (Å²) in [4.78, 5) is 14.8. The molecule has 0 saturated carbocycles. The van der Waals surface area contributed by atoms with Gasteiger partial charge in [-0.25, -0.2) is 0 Å². The molecule has 0 heterocycles. The normalized spacial score (nSPS) is 10.5. The van der Waals surface area contributed by atoms with Crippen LogP contribution in [0.15, 0.2) is 83.3 Å². The Hall–Kier alpha value is -2.59. The van der Waals surface area contributed by atoms with Crippen LogP contribution in [0.2, 0.25) is 0 Å². The molecule has 4 heteroatoms. The number of amides is 1. The molecule has 3 nitrogen and oxygen atoms in total. The van der Waals surface area contributed by atoms with E-state index in [2.05, 4.69) is 22.9 Å². The van der Waals surface area contributed by atoms with Gasteiger partial charge in [0.05, 0.1) is 4.47 Å². The second-order valence-corrected chi connectivity index (χ2v) is 7.48. The molecular formula is C24H24BrNO2. The molecule has 3 rings (SSSR count). The standard InChI is InChI=1S/C24H24BrNO2/c1-2-19-13-14-23(22(25)15-19)28-18-24(27)26(16-20-9-5-3-6-10-20)17-21-11-7-4-8-12-21/h3-15H,2,16-18H2,1H3. The van der Waals surface area contributed by atoms with Gasteiger partial charge in [0.15, 0.2) is 6.61 Å². The SMILES string of the molecule is CCc1ccc(OCC(=O)N(Cc2ccccc2)Cc2ccccc2)c(Br)c1. The minimum absolute atomic E-state index is 0.00371. The summed E-state index contributed by atoms with van der Waals surface area (Å²) in [6.45, 7) is 3.21. The van der Waals surface area contributed by atoms with Crippen LogP contribution in [0.3, 0.4) is 0 Å². The summed E-state index contributed by atoms with van der Waals surface area (Å²) in [5.41, 5.74) is 3.42. The van der Waals surface area contributed by atoms with E-state index in [9.17, 15) is 4.79 Å². The van der Waals surface area contributed by atoms with E-state index in [-0.39, 0.29) is 12.5 Å². The van der Waals surface area contributed by atoms with Crippen LogP contribution in [-0.4, -0.2) is 17.4 Å². The number of carbonyl (C=O) groups excluding carboxylic acids is 1. The van der Waals surface area contributed by atoms with Crippen molar-refractivity contribution in [3.63, 3.8) is 0 Å². The van der Waals surface area contributed by atoms with Crippen LogP contribution >= 0.6 is 15.9 Å². The van der Waals surface area contributed by atoms with Gasteiger partial charge in [0.1, 0.15) is 5.75 Å². The van der Waals surface area contributed by atoms with Crippen LogP contribution in [0.1, 0.15) is 23.6 Å². The molecule has 3 aromatic rings. The van der Waals surface area contributed by atoms with E-state index in [4.69, 9.17) is 4.74 Å². The minimum atomic E-state index is -0.0424. The molecule has 0 N–H and O–H groups in total. The maximum atomic E-state index is 12.9. The number of ether oxygens (including phenoxy) is 1. The zero-order valence-corrected chi connectivity index (χ0v) is 17.6. The third-order valence-electron chi connectivity index (χ3n) is 4.54. The van der Waals surface area contributed by atoms with Crippen molar-refractivity contribution in [3.05, 3.63) is 100 Å². The van der Waals surface area contributed by atoms with Crippen molar-refractivity contribution in [2.45, 2.75) is 26.4 Å². The molecule has 0 aliphatic rings. The lowest BCUT2D eigenvalue weighted by molar-refractivity contribution is -0.134. The Bertz CT molecular complexity index is 855. The van der Waals surface area contributed by atoms with E-state index in [0.29, 0.717) is 18.8 Å². The van der Waals surface area contributed by atoms with Crippen molar-refractivity contribution in [2.75, 3.05) is 6.61 Å². The maximum absolute atomic E-state index is 12.9. The molecule has 0 atom stereocenters. The number of nitrogens with zero attached hydrogens (tertiary/aromatic N) is 1. The fraction of sp³-hybridized carbons (Fsp3) is 0.208. The third kappa shape index (κ3) is 5.70. The van der Waals surface area contributed by atoms with E-state index in [1.807, 2.05) is 83.8 Å². The van der Waals surface area contributed by atoms with Gasteiger partial charge < -0.3 is 9.64 Å². The lowest BCUT2D eigenvalue weighted by atomic mass is 10.1. The number of aryl methyl sites for hydroxylation is 1. The summed E-state index contributed by atoms with van der Waals surface area (Å²) in [6, 6.07) is 26.0. The van der Waals surface area contributed by atoms with Crippen LogP contribution in [0.4, 0.5) is 0 Å². The molecule has 0 unspecified atom stereocenters. The molecule has 1 amide bonds. The van der Waals surface area contributed by atoms with Gasteiger partial charge in [-0.1, -0.05) is 73.7 Å². The summed E-state index contributed by atoms with van der Waals surface area (Å²) in [6.07, 6.45) is 0.958. The first-order valence-electron chi connectivity index (χ1n) is 9.42. The lowest BCUT2D eigenvalue weighted by Crippen LogP contribution is -2.34. The zero-order chi connectivity index (χ0) is 19.8. The Morgan fingerprint density at radius 2 is 1.43 bits per heavy atom. The van der Waals surface area contributed by atoms with E-state index in [1.165, 1.54) is 5.56 Å². The Kier molecular flexibility index (Phi) is 7.26. The highest BCUT2D eigenvalue weighted by Gasteiger charge is 2.16. The molecular weight excluding hydrogens is 414 g/mol. The number of hydrogen-bond donors (Lipinski definition) is 0. The van der Waals surface area contributed by atoms with E-state index >= 15 is 0 Å². The monoisotopic (exact) mass is 437 g/mol. The molecule has 28 heavy (non-hydrogen) atoms. The van der Waals surface area contributed by atoms with Crippen LogP contribution in [0, 0.1) is 0 Å². The van der Waals surface area contributed by atoms with Crippen molar-refractivity contribution >= 4 is 21.8 Å². The smallest absolute Gasteiger partial charge is 0.261 e. The van der Waals surface area contributed by atoms with Gasteiger partial charge in [-0.05, 0) is 51.2 Å². The fourth-order valence-electron chi connectivity index (χ4n) is 2.95. The molecule has 0 aliphatic carbocycles. The quantitative estimate of drug-likeness (QED) is 0.457. The highest BCUT2D eigenvalue weighted by Crippen LogP contribution is 2.26. The second kappa shape index (κ2) is 10.1. The number of benzene rings is 3. The number of rotatable bonds is 8. The number of carbonyl (C=O) groups is 1. The van der Waals surface area contributed by atoms with Gasteiger partial charge in [0.2, 0.25) is 0 Å². The van der Waals surface area contributed by atoms with Crippen molar-refractivity contribution < 1.29 is 9.53 Å². The third-order valence-corrected chi connectivity index (χ3v) is 5.16. The minimum Gasteiger partial charge on any atom is -0.483 e. The van der Waals surface area contributed by atoms with Gasteiger partial charge in [-0.3, -0.25) is 4.79 Å². The van der Waals surface area contributed by atoms with Gasteiger partial charge in [0.25, 0.3) is 5.91 Å². The second-order valence-electron chi connectivity index (χ2n) is 6.63. The van der Waals surface area contributed by atoms with Crippen LogP contribution in [0.5, 0.6) is 5.75 Å². The van der Waals surface area contributed by atoms with Gasteiger partial charge in [0, 0.05) is 13.1 Å². The van der Waals surface area contributed by atoms with Gasteiger partial charge in [-0.2, -0.15) is 0 Å². The van der Waals surface area contributed by atoms with E-state index in [1.54, 1.807) is 0 Å². The van der Waals surface area contributed by atoms with Crippen molar-refractivity contribution in [2.24, 2.45) is 0 Å². The molecule has 0 fully saturated rings. The molecule has 3 aromatic carbocycles. The summed E-state index contributed by atoms with van der Waals surface area (Å²) in [5.74, 6) is 0.643. The Morgan fingerprint density at radius 3 is 1.93 bits per heavy atom. The Balaban J connectivity index is 1.70. The Labute approximate surface area is 175 Å². The van der Waals surface area contributed by atoms with Crippen molar-refractivity contribution in [1.29, 1.82) is 0 Å². The molecule has 0 aromatic heterocycles. The highest BCUT2D eigenvalue weighted by molar-refractivity contribution is 9.10. The van der Waals surface area contributed by atoms with Gasteiger partial charge >= 0.3 is 0 Å². The van der Waals surface area contributed by atoms with Crippen LogP contribution in [-0.2, 0) is 24.3 Å².